The molecule has 4 heteroatoms. The van der Waals surface area contributed by atoms with Crippen molar-refractivity contribution in [2.45, 2.75) is 0 Å². The molecule has 0 heterocycles. The molecule has 4 nitrogen and oxygen atoms in total. The number of nitrogens with one attached hydrogen (secondary N) is 1. The van der Waals surface area contributed by atoms with Gasteiger partial charge in [0.2, 0.25) is 0 Å². The predicted molar refractivity (Wildman–Crippen MR) is 44.6 cm³/mol. The van der Waals surface area contributed by atoms with E-state index in [1.165, 1.54) is 0 Å². The summed E-state index contributed by atoms with van der Waals surface area (Å²) in [5.74, 6) is 5.35. The number of nitrogen functional groups attached to an aromatic ring is 1. The topological polar surface area (TPSA) is 64.3 Å². The Labute approximate surface area is 70.3 Å². The average Bonchev–Trinajstić information content (AvgIpc) is 2.17. The number of hydrogen-bond donors (Lipinski definition) is 2. The Balaban J connectivity index is 2.84. The van der Waals surface area contributed by atoms with Crippen LogP contribution in [0, 0.1) is 0 Å². The normalized spacial score (nSPS) is 9.17. The Hall–Kier alpha value is -1.55. The third-order valence-corrected chi connectivity index (χ3v) is 1.48. The molecule has 0 bridgehead atoms. The van der Waals surface area contributed by atoms with Crippen LogP contribution in [-0.2, 0) is 0 Å². The predicted octanol–water partition coefficient (Wildman–Crippen LogP) is 0.299. The quantitative estimate of drug-likeness (QED) is 0.376. The van der Waals surface area contributed by atoms with Crippen molar-refractivity contribution in [3.05, 3.63) is 29.8 Å². The number of hydrogen-bond acceptors (Lipinski definition) is 3. The Morgan fingerprint density at radius 1 is 1.42 bits per heavy atom. The van der Waals surface area contributed by atoms with Gasteiger partial charge in [-0.15, -0.1) is 0 Å². The first-order valence-electron chi connectivity index (χ1n) is 3.43. The summed E-state index contributed by atoms with van der Waals surface area (Å²) in [6.07, 6.45) is 0. The molecular formula is C8H10N2O2. The fourth-order valence-electron chi connectivity index (χ4n) is 0.826. The second-order valence-electron chi connectivity index (χ2n) is 2.20. The lowest BCUT2D eigenvalue weighted by Gasteiger charge is -2.01. The SMILES string of the molecule is COc1ccc([11C](=O)NN)cc1. The summed E-state index contributed by atoms with van der Waals surface area (Å²) in [5.41, 5.74) is 2.55. The maximum Gasteiger partial charge on any atom is 0.265 e. The molecule has 12 heavy (non-hydrogen) atoms. The number of nitrogens with two attached hydrogens (primary N) is 1. The van der Waals surface area contributed by atoms with Gasteiger partial charge in [0, 0.05) is 5.56 Å². The molecule has 0 aliphatic heterocycles. The number of carbonyl (C=O) groups excluding carboxylic acids is 1. The molecule has 3 N–H and O–H groups in total. The molecule has 0 aliphatic rings. The highest BCUT2D eigenvalue weighted by molar-refractivity contribution is 5.93. The van der Waals surface area contributed by atoms with Crippen LogP contribution < -0.4 is 16.0 Å². The molecule has 0 radical (unpaired) electrons. The second-order valence-corrected chi connectivity index (χ2v) is 2.20. The van der Waals surface area contributed by atoms with Gasteiger partial charge in [0.1, 0.15) is 5.75 Å². The largest absolute Gasteiger partial charge is 0.497 e. The Morgan fingerprint density at radius 2 is 2.00 bits per heavy atom. The molecule has 1 aromatic carbocycles. The minimum atomic E-state index is -0.308. The van der Waals surface area contributed by atoms with Crippen LogP contribution in [-0.4, -0.2) is 13.0 Å². The van der Waals surface area contributed by atoms with Crippen molar-refractivity contribution in [1.82, 2.24) is 5.43 Å². The van der Waals surface area contributed by atoms with Crippen LogP contribution in [0.25, 0.3) is 0 Å². The average molecular weight is 165 g/mol. The van der Waals surface area contributed by atoms with E-state index in [2.05, 4.69) is 0 Å². The van der Waals surface area contributed by atoms with E-state index < -0.39 is 0 Å². The van der Waals surface area contributed by atoms with Crippen LogP contribution in [0.2, 0.25) is 0 Å². The van der Waals surface area contributed by atoms with Crippen LogP contribution in [0.4, 0.5) is 0 Å². The van der Waals surface area contributed by atoms with E-state index in [0.29, 0.717) is 11.3 Å². The number of hydrazine groups is 1. The number of rotatable bonds is 2. The maximum absolute atomic E-state index is 10.9. The maximum atomic E-state index is 10.9. The third-order valence-electron chi connectivity index (χ3n) is 1.48. The zero-order chi connectivity index (χ0) is 8.97. The van der Waals surface area contributed by atoms with Crippen LogP contribution in [0.1, 0.15) is 10.4 Å². The van der Waals surface area contributed by atoms with E-state index >= 15 is 0 Å². The number of ether oxygens (including phenoxy) is 1. The molecule has 1 amide bonds. The van der Waals surface area contributed by atoms with Crippen LogP contribution >= 0.6 is 0 Å². The molecule has 1 rings (SSSR count). The van der Waals surface area contributed by atoms with E-state index in [-0.39, 0.29) is 5.91 Å². The summed E-state index contributed by atoms with van der Waals surface area (Å²) in [6.45, 7) is 0. The van der Waals surface area contributed by atoms with E-state index in [1.807, 2.05) is 5.43 Å². The molecule has 0 unspecified atom stereocenters. The van der Waals surface area contributed by atoms with Gasteiger partial charge in [0.15, 0.2) is 0 Å². The minimum absolute atomic E-state index is 0.308. The van der Waals surface area contributed by atoms with Gasteiger partial charge in [-0.2, -0.15) is 0 Å². The summed E-state index contributed by atoms with van der Waals surface area (Å²) in [7, 11) is 1.57. The van der Waals surface area contributed by atoms with Crippen molar-refractivity contribution >= 4 is 5.91 Å². The second kappa shape index (κ2) is 3.73. The molecule has 0 atom stereocenters. The molecule has 0 fully saturated rings. The lowest BCUT2D eigenvalue weighted by molar-refractivity contribution is 0.0953. The molecule has 0 saturated carbocycles. The molecule has 0 spiro atoms. The zero-order valence-corrected chi connectivity index (χ0v) is 6.70. The Kier molecular flexibility index (Phi) is 2.66. The summed E-state index contributed by atoms with van der Waals surface area (Å²) >= 11 is 0. The number of methoxy groups -OCH3 is 1. The molecule has 1 aromatic rings. The fourth-order valence-corrected chi connectivity index (χ4v) is 0.826. The van der Waals surface area contributed by atoms with Gasteiger partial charge >= 0.3 is 0 Å². The smallest absolute Gasteiger partial charge is 0.265 e. The fraction of sp³-hybridized carbons (Fsp3) is 0.125. The summed E-state index contributed by atoms with van der Waals surface area (Å²) in [4.78, 5) is 10.9. The number of benzene rings is 1. The van der Waals surface area contributed by atoms with Gasteiger partial charge in [-0.25, -0.2) is 5.84 Å². The van der Waals surface area contributed by atoms with Crippen molar-refractivity contribution in [1.29, 1.82) is 0 Å². The van der Waals surface area contributed by atoms with Crippen molar-refractivity contribution in [2.24, 2.45) is 5.84 Å². The van der Waals surface area contributed by atoms with E-state index in [1.54, 1.807) is 31.4 Å². The van der Waals surface area contributed by atoms with Gasteiger partial charge in [-0.1, -0.05) is 0 Å². The highest BCUT2D eigenvalue weighted by Crippen LogP contribution is 2.10. The monoisotopic (exact) mass is 165 g/mol. The van der Waals surface area contributed by atoms with Crippen molar-refractivity contribution in [2.75, 3.05) is 7.11 Å². The summed E-state index contributed by atoms with van der Waals surface area (Å²) < 4.78 is 4.92. The van der Waals surface area contributed by atoms with E-state index in [0.717, 1.165) is 0 Å². The Bertz CT molecular complexity index is 269. The summed E-state index contributed by atoms with van der Waals surface area (Å²) in [5, 5.41) is 0. The minimum Gasteiger partial charge on any atom is -0.497 e. The first kappa shape index (κ1) is 8.55. The van der Waals surface area contributed by atoms with Crippen molar-refractivity contribution in [3.8, 4) is 5.75 Å². The molecule has 64 valence electrons. The van der Waals surface area contributed by atoms with Crippen LogP contribution in [0.15, 0.2) is 24.3 Å². The number of carbonyl (C=O) groups is 1. The highest BCUT2D eigenvalue weighted by atomic mass is 16.5. The van der Waals surface area contributed by atoms with Crippen molar-refractivity contribution in [3.63, 3.8) is 0 Å². The molecule has 0 aliphatic carbocycles. The summed E-state index contributed by atoms with van der Waals surface area (Å²) in [6, 6.07) is 6.68. The van der Waals surface area contributed by atoms with Gasteiger partial charge in [0.05, 0.1) is 7.11 Å². The molecule has 0 saturated heterocycles. The van der Waals surface area contributed by atoms with Gasteiger partial charge in [0.25, 0.3) is 5.91 Å². The van der Waals surface area contributed by atoms with E-state index in [4.69, 9.17) is 10.6 Å². The highest BCUT2D eigenvalue weighted by Gasteiger charge is 2.01. The zero-order valence-electron chi connectivity index (χ0n) is 6.70. The van der Waals surface area contributed by atoms with Crippen molar-refractivity contribution < 1.29 is 9.53 Å². The lowest BCUT2D eigenvalue weighted by atomic mass is 9.90. The van der Waals surface area contributed by atoms with E-state index in [9.17, 15) is 4.79 Å². The van der Waals surface area contributed by atoms with Gasteiger partial charge in [-0.05, 0) is 24.3 Å². The Morgan fingerprint density at radius 3 is 2.42 bits per heavy atom. The van der Waals surface area contributed by atoms with Crippen LogP contribution in [0.5, 0.6) is 5.75 Å². The first-order valence-corrected chi connectivity index (χ1v) is 3.43. The molecule has 0 aromatic heterocycles. The third kappa shape index (κ3) is 1.73. The van der Waals surface area contributed by atoms with Gasteiger partial charge in [-0.3, -0.25) is 10.2 Å². The number of amides is 1. The standard InChI is InChI=1S/C8H10N2O2/c1-12-7-4-2-6(3-5-7)8(11)10-9/h2-5H,9H2,1H3,(H,10,11)/i8-1. The van der Waals surface area contributed by atoms with Gasteiger partial charge < -0.3 is 4.74 Å². The van der Waals surface area contributed by atoms with Crippen LogP contribution in [0.3, 0.4) is 0 Å². The first-order chi connectivity index (χ1) is 5.77. The lowest BCUT2D eigenvalue weighted by Crippen LogP contribution is -2.29. The molecular weight excluding hydrogens is 155 g/mol.